The van der Waals surface area contributed by atoms with Crippen molar-refractivity contribution in [3.05, 3.63) is 29.8 Å². The molecule has 0 bridgehead atoms. The van der Waals surface area contributed by atoms with Gasteiger partial charge in [0, 0.05) is 6.04 Å². The lowest BCUT2D eigenvalue weighted by Crippen LogP contribution is -2.26. The molecule has 0 aliphatic heterocycles. The number of aryl methyl sites for hydroxylation is 1. The second-order valence-electron chi connectivity index (χ2n) is 3.30. The smallest absolute Gasteiger partial charge is 0.119 e. The van der Waals surface area contributed by atoms with Crippen LogP contribution in [0.5, 0.6) is 5.75 Å². The fourth-order valence-corrected chi connectivity index (χ4v) is 1.03. The van der Waals surface area contributed by atoms with Crippen LogP contribution >= 0.6 is 12.4 Å². The van der Waals surface area contributed by atoms with Crippen LogP contribution in [0.1, 0.15) is 18.9 Å². The van der Waals surface area contributed by atoms with E-state index >= 15 is 0 Å². The number of rotatable bonds is 4. The topological polar surface area (TPSA) is 35.2 Å². The molecule has 3 heteroatoms. The van der Waals surface area contributed by atoms with Crippen LogP contribution in [-0.2, 0) is 0 Å². The van der Waals surface area contributed by atoms with Crippen LogP contribution in [0.2, 0.25) is 0 Å². The van der Waals surface area contributed by atoms with Gasteiger partial charge >= 0.3 is 0 Å². The molecule has 0 aromatic heterocycles. The first kappa shape index (κ1) is 13.3. The van der Waals surface area contributed by atoms with E-state index in [2.05, 4.69) is 6.92 Å². The fourth-order valence-electron chi connectivity index (χ4n) is 1.03. The first-order chi connectivity index (χ1) is 6.22. The Morgan fingerprint density at radius 3 is 2.71 bits per heavy atom. The second-order valence-corrected chi connectivity index (χ2v) is 3.30. The van der Waals surface area contributed by atoms with Crippen LogP contribution in [-0.4, -0.2) is 12.6 Å². The number of nitrogens with two attached hydrogens (primary N) is 1. The third-order valence-electron chi connectivity index (χ3n) is 1.98. The Morgan fingerprint density at radius 2 is 2.14 bits per heavy atom. The molecule has 0 saturated carbocycles. The van der Waals surface area contributed by atoms with E-state index in [1.165, 1.54) is 5.56 Å². The largest absolute Gasteiger partial charge is 0.492 e. The number of halogens is 1. The molecule has 0 aliphatic carbocycles. The Kier molecular flexibility index (Phi) is 6.34. The van der Waals surface area contributed by atoms with Gasteiger partial charge < -0.3 is 10.5 Å². The summed E-state index contributed by atoms with van der Waals surface area (Å²) in [7, 11) is 0. The van der Waals surface area contributed by atoms with E-state index in [9.17, 15) is 0 Å². The van der Waals surface area contributed by atoms with E-state index in [0.717, 1.165) is 12.2 Å². The Morgan fingerprint density at radius 1 is 1.43 bits per heavy atom. The molecule has 2 N–H and O–H groups in total. The van der Waals surface area contributed by atoms with E-state index < -0.39 is 0 Å². The van der Waals surface area contributed by atoms with Gasteiger partial charge in [-0.15, -0.1) is 12.4 Å². The van der Waals surface area contributed by atoms with E-state index in [-0.39, 0.29) is 18.4 Å². The van der Waals surface area contributed by atoms with Gasteiger partial charge in [-0.1, -0.05) is 19.1 Å². The van der Waals surface area contributed by atoms with Crippen molar-refractivity contribution < 1.29 is 4.74 Å². The Bertz CT molecular complexity index is 265. The van der Waals surface area contributed by atoms with Crippen LogP contribution in [0.4, 0.5) is 0 Å². The summed E-state index contributed by atoms with van der Waals surface area (Å²) in [4.78, 5) is 0. The summed E-state index contributed by atoms with van der Waals surface area (Å²) in [5.74, 6) is 0.906. The van der Waals surface area contributed by atoms with Crippen molar-refractivity contribution in [1.29, 1.82) is 0 Å². The molecule has 2 nitrogen and oxygen atoms in total. The molecule has 1 atom stereocenters. The van der Waals surface area contributed by atoms with Gasteiger partial charge in [-0.3, -0.25) is 0 Å². The summed E-state index contributed by atoms with van der Waals surface area (Å²) < 4.78 is 5.51. The summed E-state index contributed by atoms with van der Waals surface area (Å²) in [6.07, 6.45) is 0.950. The van der Waals surface area contributed by atoms with Crippen molar-refractivity contribution in [2.75, 3.05) is 6.61 Å². The zero-order valence-corrected chi connectivity index (χ0v) is 9.51. The summed E-state index contributed by atoms with van der Waals surface area (Å²) in [6.45, 7) is 4.71. The molecule has 1 aromatic rings. The van der Waals surface area contributed by atoms with Gasteiger partial charge in [0.2, 0.25) is 0 Å². The van der Waals surface area contributed by atoms with Gasteiger partial charge in [0.15, 0.2) is 0 Å². The SMILES string of the molecule is CCC(N)COc1cccc(C)c1.Cl. The predicted molar refractivity (Wildman–Crippen MR) is 62.2 cm³/mol. The van der Waals surface area contributed by atoms with Gasteiger partial charge in [0.05, 0.1) is 0 Å². The molecule has 0 spiro atoms. The van der Waals surface area contributed by atoms with Crippen LogP contribution < -0.4 is 10.5 Å². The number of ether oxygens (including phenoxy) is 1. The fraction of sp³-hybridized carbons (Fsp3) is 0.455. The Hall–Kier alpha value is -0.730. The van der Waals surface area contributed by atoms with E-state index in [0.29, 0.717) is 6.61 Å². The summed E-state index contributed by atoms with van der Waals surface area (Å²) in [5, 5.41) is 0. The first-order valence-corrected chi connectivity index (χ1v) is 4.67. The zero-order valence-electron chi connectivity index (χ0n) is 8.69. The normalized spacial score (nSPS) is 11.6. The van der Waals surface area contributed by atoms with Crippen molar-refractivity contribution in [3.63, 3.8) is 0 Å². The molecule has 0 fully saturated rings. The molecule has 1 rings (SSSR count). The first-order valence-electron chi connectivity index (χ1n) is 4.67. The maximum absolute atomic E-state index is 5.73. The average molecular weight is 216 g/mol. The van der Waals surface area contributed by atoms with Crippen LogP contribution in [0.25, 0.3) is 0 Å². The van der Waals surface area contributed by atoms with Crippen LogP contribution in [0, 0.1) is 6.92 Å². The van der Waals surface area contributed by atoms with Gasteiger partial charge in [0.1, 0.15) is 12.4 Å². The third kappa shape index (κ3) is 4.49. The highest BCUT2D eigenvalue weighted by atomic mass is 35.5. The molecule has 1 unspecified atom stereocenters. The van der Waals surface area contributed by atoms with Crippen LogP contribution in [0.3, 0.4) is 0 Å². The molecule has 0 aliphatic rings. The molecule has 0 saturated heterocycles. The third-order valence-corrected chi connectivity index (χ3v) is 1.98. The van der Waals surface area contributed by atoms with Gasteiger partial charge in [-0.2, -0.15) is 0 Å². The lowest BCUT2D eigenvalue weighted by molar-refractivity contribution is 0.285. The van der Waals surface area contributed by atoms with Crippen molar-refractivity contribution in [2.24, 2.45) is 5.73 Å². The maximum atomic E-state index is 5.73. The van der Waals surface area contributed by atoms with E-state index in [1.807, 2.05) is 31.2 Å². The molecule has 80 valence electrons. The van der Waals surface area contributed by atoms with Gasteiger partial charge in [-0.25, -0.2) is 0 Å². The van der Waals surface area contributed by atoms with E-state index in [1.54, 1.807) is 0 Å². The molecule has 14 heavy (non-hydrogen) atoms. The second kappa shape index (κ2) is 6.68. The number of benzene rings is 1. The minimum Gasteiger partial charge on any atom is -0.492 e. The van der Waals surface area contributed by atoms with E-state index in [4.69, 9.17) is 10.5 Å². The average Bonchev–Trinajstić information content (AvgIpc) is 2.14. The predicted octanol–water partition coefficient (Wildman–Crippen LogP) is 2.53. The summed E-state index contributed by atoms with van der Waals surface area (Å²) >= 11 is 0. The van der Waals surface area contributed by atoms with Crippen molar-refractivity contribution in [3.8, 4) is 5.75 Å². The van der Waals surface area contributed by atoms with Crippen LogP contribution in [0.15, 0.2) is 24.3 Å². The summed E-state index contributed by atoms with van der Waals surface area (Å²) in [5.41, 5.74) is 6.94. The zero-order chi connectivity index (χ0) is 9.68. The number of hydrogen-bond donors (Lipinski definition) is 1. The minimum absolute atomic E-state index is 0. The molecule has 1 aromatic carbocycles. The summed E-state index contributed by atoms with van der Waals surface area (Å²) in [6, 6.07) is 8.15. The molecular weight excluding hydrogens is 198 g/mol. The molecule has 0 amide bonds. The van der Waals surface area contributed by atoms with Crippen molar-refractivity contribution in [1.82, 2.24) is 0 Å². The van der Waals surface area contributed by atoms with Crippen molar-refractivity contribution >= 4 is 12.4 Å². The molecular formula is C11H18ClNO. The Balaban J connectivity index is 0.00000169. The highest BCUT2D eigenvalue weighted by molar-refractivity contribution is 5.85. The maximum Gasteiger partial charge on any atom is 0.119 e. The monoisotopic (exact) mass is 215 g/mol. The Labute approximate surface area is 91.9 Å². The highest BCUT2D eigenvalue weighted by Crippen LogP contribution is 2.12. The lowest BCUT2D eigenvalue weighted by Gasteiger charge is -2.11. The molecule has 0 radical (unpaired) electrons. The van der Waals surface area contributed by atoms with Crippen molar-refractivity contribution in [2.45, 2.75) is 26.3 Å². The quantitative estimate of drug-likeness (QED) is 0.838. The number of hydrogen-bond acceptors (Lipinski definition) is 2. The molecule has 0 heterocycles. The highest BCUT2D eigenvalue weighted by Gasteiger charge is 1.99. The van der Waals surface area contributed by atoms with Gasteiger partial charge in [-0.05, 0) is 31.0 Å². The standard InChI is InChI=1S/C11H17NO.ClH/c1-3-10(12)8-13-11-6-4-5-9(2)7-11;/h4-7,10H,3,8,12H2,1-2H3;1H. The lowest BCUT2D eigenvalue weighted by atomic mass is 10.2. The van der Waals surface area contributed by atoms with Gasteiger partial charge in [0.25, 0.3) is 0 Å². The minimum atomic E-state index is 0.